The summed E-state index contributed by atoms with van der Waals surface area (Å²) in [7, 11) is 0. The molecule has 0 heterocycles. The van der Waals surface area contributed by atoms with Gasteiger partial charge in [0.15, 0.2) is 0 Å². The van der Waals surface area contributed by atoms with Gasteiger partial charge in [-0.1, -0.05) is 66.8 Å². The molecule has 0 radical (unpaired) electrons. The molecule has 0 N–H and O–H groups in total. The number of nitrogens with zero attached hydrogens (tertiary/aromatic N) is 1. The molecule has 20 heavy (non-hydrogen) atoms. The van der Waals surface area contributed by atoms with E-state index in [4.69, 9.17) is 4.99 Å². The zero-order valence-corrected chi connectivity index (χ0v) is 11.5. The predicted molar refractivity (Wildman–Crippen MR) is 85.8 cm³/mol. The van der Waals surface area contributed by atoms with Crippen molar-refractivity contribution in [1.29, 1.82) is 0 Å². The molecule has 1 nitrogen and oxygen atoms in total. The molecule has 3 rings (SSSR count). The van der Waals surface area contributed by atoms with Crippen LogP contribution in [0, 0.1) is 0 Å². The fraction of sp³-hybridized carbons (Fsp3) is 0.105. The highest BCUT2D eigenvalue weighted by atomic mass is 14.7. The van der Waals surface area contributed by atoms with E-state index >= 15 is 0 Å². The summed E-state index contributed by atoms with van der Waals surface area (Å²) in [6.07, 6.45) is 8.64. The largest absolute Gasteiger partial charge is 0.253 e. The molecular weight excluding hydrogens is 242 g/mol. The summed E-state index contributed by atoms with van der Waals surface area (Å²) >= 11 is 0. The van der Waals surface area contributed by atoms with Crippen molar-refractivity contribution < 1.29 is 0 Å². The summed E-state index contributed by atoms with van der Waals surface area (Å²) in [5, 5.41) is 0. The van der Waals surface area contributed by atoms with Crippen LogP contribution in [0.1, 0.15) is 24.0 Å². The van der Waals surface area contributed by atoms with Crippen LogP contribution in [0.3, 0.4) is 0 Å². The number of rotatable bonds is 3. The average molecular weight is 259 g/mol. The number of aliphatic imine (C=N–C) groups is 1. The van der Waals surface area contributed by atoms with Crippen molar-refractivity contribution in [2.24, 2.45) is 4.99 Å². The maximum absolute atomic E-state index is 4.73. The zero-order chi connectivity index (χ0) is 13.8. The van der Waals surface area contributed by atoms with E-state index in [-0.39, 0.29) is 0 Å². The quantitative estimate of drug-likeness (QED) is 0.685. The van der Waals surface area contributed by atoms with Gasteiger partial charge < -0.3 is 0 Å². The number of para-hydroxylation sites is 1. The van der Waals surface area contributed by atoms with Crippen molar-refractivity contribution in [3.05, 3.63) is 90.0 Å². The van der Waals surface area contributed by atoms with Gasteiger partial charge in [-0.05, 0) is 30.2 Å². The Morgan fingerprint density at radius 3 is 2.25 bits per heavy atom. The molecule has 0 spiro atoms. The maximum atomic E-state index is 4.73. The third kappa shape index (κ3) is 2.62. The van der Waals surface area contributed by atoms with E-state index in [9.17, 15) is 0 Å². The highest BCUT2D eigenvalue weighted by Crippen LogP contribution is 2.27. The van der Waals surface area contributed by atoms with E-state index in [0.29, 0.717) is 5.92 Å². The van der Waals surface area contributed by atoms with Crippen molar-refractivity contribution in [3.8, 4) is 0 Å². The third-order valence-electron chi connectivity index (χ3n) is 3.51. The van der Waals surface area contributed by atoms with Crippen molar-refractivity contribution >= 4 is 11.4 Å². The fourth-order valence-electron chi connectivity index (χ4n) is 2.51. The van der Waals surface area contributed by atoms with Crippen molar-refractivity contribution in [3.63, 3.8) is 0 Å². The second-order valence-corrected chi connectivity index (χ2v) is 4.92. The average Bonchev–Trinajstić information content (AvgIpc) is 3.02. The van der Waals surface area contributed by atoms with Crippen LogP contribution in [0.4, 0.5) is 5.69 Å². The first-order chi connectivity index (χ1) is 9.84. The lowest BCUT2D eigenvalue weighted by Gasteiger charge is -2.12. The first-order valence-electron chi connectivity index (χ1n) is 6.89. The van der Waals surface area contributed by atoms with E-state index in [1.165, 1.54) is 11.1 Å². The Labute approximate surface area is 120 Å². The molecule has 2 aromatic rings. The van der Waals surface area contributed by atoms with Gasteiger partial charge in [-0.15, -0.1) is 0 Å². The molecule has 0 aromatic heterocycles. The van der Waals surface area contributed by atoms with E-state index in [2.05, 4.69) is 55.5 Å². The van der Waals surface area contributed by atoms with Crippen LogP contribution in [0.5, 0.6) is 0 Å². The van der Waals surface area contributed by atoms with Crippen LogP contribution in [0.2, 0.25) is 0 Å². The molecule has 0 unspecified atom stereocenters. The van der Waals surface area contributed by atoms with Gasteiger partial charge in [-0.2, -0.15) is 0 Å². The minimum absolute atomic E-state index is 0.368. The molecule has 0 saturated carbocycles. The molecule has 0 bridgehead atoms. The van der Waals surface area contributed by atoms with Gasteiger partial charge >= 0.3 is 0 Å². The first-order valence-corrected chi connectivity index (χ1v) is 6.89. The van der Waals surface area contributed by atoms with Gasteiger partial charge in [0, 0.05) is 11.6 Å². The second kappa shape index (κ2) is 5.70. The molecule has 2 aromatic carbocycles. The Bertz CT molecular complexity index is 666. The molecule has 1 aliphatic carbocycles. The molecular formula is C19H17N. The van der Waals surface area contributed by atoms with Crippen molar-refractivity contribution in [2.45, 2.75) is 12.8 Å². The van der Waals surface area contributed by atoms with Gasteiger partial charge in [0.1, 0.15) is 0 Å². The Hall–Kier alpha value is -2.41. The fourth-order valence-corrected chi connectivity index (χ4v) is 2.51. The summed E-state index contributed by atoms with van der Waals surface area (Å²) in [6.45, 7) is 2.08. The van der Waals surface area contributed by atoms with E-state index in [0.717, 1.165) is 11.4 Å². The van der Waals surface area contributed by atoms with E-state index in [1.54, 1.807) is 0 Å². The second-order valence-electron chi connectivity index (χ2n) is 4.92. The van der Waals surface area contributed by atoms with Crippen LogP contribution < -0.4 is 0 Å². The summed E-state index contributed by atoms with van der Waals surface area (Å²) in [6, 6.07) is 18.6. The van der Waals surface area contributed by atoms with Gasteiger partial charge in [0.25, 0.3) is 0 Å². The molecule has 1 heteroatoms. The smallest absolute Gasteiger partial charge is 0.0633 e. The van der Waals surface area contributed by atoms with Crippen LogP contribution in [-0.2, 0) is 0 Å². The van der Waals surface area contributed by atoms with E-state index < -0.39 is 0 Å². The van der Waals surface area contributed by atoms with Gasteiger partial charge in [0.05, 0.1) is 5.69 Å². The Balaban J connectivity index is 2.00. The molecule has 0 fully saturated rings. The molecule has 0 atom stereocenters. The van der Waals surface area contributed by atoms with E-state index in [1.807, 2.05) is 30.3 Å². The molecule has 0 amide bonds. The summed E-state index contributed by atoms with van der Waals surface area (Å²) in [5.74, 6) is 0.368. The summed E-state index contributed by atoms with van der Waals surface area (Å²) in [4.78, 5) is 4.73. The highest BCUT2D eigenvalue weighted by molar-refractivity contribution is 6.01. The van der Waals surface area contributed by atoms with Crippen LogP contribution in [-0.4, -0.2) is 5.71 Å². The molecule has 98 valence electrons. The lowest BCUT2D eigenvalue weighted by Crippen LogP contribution is -2.02. The number of hydrogen-bond donors (Lipinski definition) is 0. The number of allylic oxidation sites excluding steroid dienone is 4. The van der Waals surface area contributed by atoms with Crippen LogP contribution >= 0.6 is 0 Å². The minimum atomic E-state index is 0.368. The zero-order valence-electron chi connectivity index (χ0n) is 11.5. The van der Waals surface area contributed by atoms with Crippen LogP contribution in [0.15, 0.2) is 83.9 Å². The standard InChI is InChI=1S/C19H17N/c1-15(20-17-11-3-2-4-12-17)18-13-7-8-14-19(18)16-9-5-6-10-16/h2-14,16H,1H3. The minimum Gasteiger partial charge on any atom is -0.253 e. The SMILES string of the molecule is CC(=Nc1ccccc1)c1ccccc1C1C=CC=C1. The molecule has 1 aliphatic rings. The lowest BCUT2D eigenvalue weighted by molar-refractivity contribution is 1.10. The monoisotopic (exact) mass is 259 g/mol. The normalized spacial score (nSPS) is 14.9. The Morgan fingerprint density at radius 1 is 0.850 bits per heavy atom. The topological polar surface area (TPSA) is 12.4 Å². The maximum Gasteiger partial charge on any atom is 0.0633 e. The Morgan fingerprint density at radius 2 is 1.50 bits per heavy atom. The van der Waals surface area contributed by atoms with Crippen molar-refractivity contribution in [2.75, 3.05) is 0 Å². The Kier molecular flexibility index (Phi) is 3.60. The van der Waals surface area contributed by atoms with Crippen LogP contribution in [0.25, 0.3) is 0 Å². The molecule has 0 aliphatic heterocycles. The third-order valence-corrected chi connectivity index (χ3v) is 3.51. The highest BCUT2D eigenvalue weighted by Gasteiger charge is 2.13. The van der Waals surface area contributed by atoms with Crippen molar-refractivity contribution in [1.82, 2.24) is 0 Å². The molecule has 0 saturated heterocycles. The number of benzene rings is 2. The number of hydrogen-bond acceptors (Lipinski definition) is 1. The summed E-state index contributed by atoms with van der Waals surface area (Å²) in [5.41, 5.74) is 4.59. The predicted octanol–water partition coefficient (Wildman–Crippen LogP) is 5.04. The van der Waals surface area contributed by atoms with Gasteiger partial charge in [-0.25, -0.2) is 0 Å². The first kappa shape index (κ1) is 12.6. The lowest BCUT2D eigenvalue weighted by atomic mass is 9.93. The summed E-state index contributed by atoms with van der Waals surface area (Å²) < 4.78 is 0. The van der Waals surface area contributed by atoms with Gasteiger partial charge in [0.2, 0.25) is 0 Å². The van der Waals surface area contributed by atoms with Gasteiger partial charge in [-0.3, -0.25) is 4.99 Å².